The minimum absolute atomic E-state index is 0.0926. The average Bonchev–Trinajstić information content (AvgIpc) is 3.29. The van der Waals surface area contributed by atoms with Crippen LogP contribution in [0.2, 0.25) is 0 Å². The lowest BCUT2D eigenvalue weighted by Crippen LogP contribution is -2.40. The van der Waals surface area contributed by atoms with Gasteiger partial charge in [-0.3, -0.25) is 0 Å². The van der Waals surface area contributed by atoms with Crippen molar-refractivity contribution in [2.45, 2.75) is 19.4 Å². The Bertz CT molecular complexity index is 868. The number of hydrogen-bond donors (Lipinski definition) is 1. The van der Waals surface area contributed by atoms with Gasteiger partial charge in [-0.05, 0) is 31.2 Å². The highest BCUT2D eigenvalue weighted by molar-refractivity contribution is 7.09. The molecule has 1 saturated heterocycles. The largest absolute Gasteiger partial charge is 0.497 e. The zero-order chi connectivity index (χ0) is 17.9. The van der Waals surface area contributed by atoms with E-state index in [-0.39, 0.29) is 6.10 Å². The van der Waals surface area contributed by atoms with E-state index in [0.29, 0.717) is 12.2 Å². The van der Waals surface area contributed by atoms with Crippen LogP contribution in [0.15, 0.2) is 29.6 Å². The maximum absolute atomic E-state index is 5.85. The Hall–Kier alpha value is -2.29. The SMILES string of the molecule is COc1ccc(-n2nc(-c3csc(C)n3)nc2C[C@H]2CNCCO2)cc1. The summed E-state index contributed by atoms with van der Waals surface area (Å²) in [6.07, 6.45) is 0.782. The summed E-state index contributed by atoms with van der Waals surface area (Å²) in [5.41, 5.74) is 1.75. The van der Waals surface area contributed by atoms with Gasteiger partial charge in [0, 0.05) is 24.9 Å². The third kappa shape index (κ3) is 3.62. The van der Waals surface area contributed by atoms with E-state index in [1.165, 1.54) is 0 Å². The molecule has 3 heterocycles. The van der Waals surface area contributed by atoms with Gasteiger partial charge in [-0.25, -0.2) is 14.6 Å². The summed E-state index contributed by atoms with van der Waals surface area (Å²) >= 11 is 1.60. The molecule has 1 aromatic carbocycles. The lowest BCUT2D eigenvalue weighted by molar-refractivity contribution is 0.0277. The van der Waals surface area contributed by atoms with Gasteiger partial charge in [0.25, 0.3) is 0 Å². The molecule has 0 spiro atoms. The zero-order valence-corrected chi connectivity index (χ0v) is 15.6. The van der Waals surface area contributed by atoms with Crippen LogP contribution in [-0.2, 0) is 11.2 Å². The van der Waals surface area contributed by atoms with Gasteiger partial charge in [0.1, 0.15) is 17.3 Å². The third-order valence-electron chi connectivity index (χ3n) is 4.25. The van der Waals surface area contributed by atoms with E-state index in [1.54, 1.807) is 18.4 Å². The molecule has 1 aliphatic heterocycles. The topological polar surface area (TPSA) is 74.1 Å². The monoisotopic (exact) mass is 371 g/mol. The lowest BCUT2D eigenvalue weighted by atomic mass is 10.2. The van der Waals surface area contributed by atoms with Crippen LogP contribution >= 0.6 is 11.3 Å². The number of hydrogen-bond acceptors (Lipinski definition) is 7. The summed E-state index contributed by atoms with van der Waals surface area (Å²) < 4.78 is 13.0. The van der Waals surface area contributed by atoms with Crippen LogP contribution in [0.3, 0.4) is 0 Å². The van der Waals surface area contributed by atoms with Crippen LogP contribution in [0.25, 0.3) is 17.2 Å². The van der Waals surface area contributed by atoms with Gasteiger partial charge >= 0.3 is 0 Å². The molecule has 26 heavy (non-hydrogen) atoms. The summed E-state index contributed by atoms with van der Waals surface area (Å²) in [6.45, 7) is 4.42. The normalized spacial score (nSPS) is 17.4. The van der Waals surface area contributed by atoms with Gasteiger partial charge in [-0.1, -0.05) is 0 Å². The molecule has 3 aromatic rings. The van der Waals surface area contributed by atoms with Gasteiger partial charge in [0.2, 0.25) is 5.82 Å². The first-order chi connectivity index (χ1) is 12.7. The number of thiazole rings is 1. The van der Waals surface area contributed by atoms with E-state index in [0.717, 1.165) is 47.7 Å². The molecule has 0 amide bonds. The highest BCUT2D eigenvalue weighted by atomic mass is 32.1. The fraction of sp³-hybridized carbons (Fsp3) is 0.389. The van der Waals surface area contributed by atoms with Crippen molar-refractivity contribution in [3.05, 3.63) is 40.5 Å². The number of methoxy groups -OCH3 is 1. The van der Waals surface area contributed by atoms with E-state index >= 15 is 0 Å². The number of aryl methyl sites for hydroxylation is 1. The van der Waals surface area contributed by atoms with Crippen molar-refractivity contribution in [3.63, 3.8) is 0 Å². The van der Waals surface area contributed by atoms with Crippen molar-refractivity contribution in [2.75, 3.05) is 26.8 Å². The highest BCUT2D eigenvalue weighted by Gasteiger charge is 2.21. The maximum atomic E-state index is 5.85. The summed E-state index contributed by atoms with van der Waals surface area (Å²) in [5.74, 6) is 2.32. The summed E-state index contributed by atoms with van der Waals surface area (Å²) in [7, 11) is 1.66. The first kappa shape index (κ1) is 17.1. The number of ether oxygens (including phenoxy) is 2. The smallest absolute Gasteiger partial charge is 0.201 e. The van der Waals surface area contributed by atoms with Crippen LogP contribution in [0, 0.1) is 6.92 Å². The maximum Gasteiger partial charge on any atom is 0.201 e. The van der Waals surface area contributed by atoms with Gasteiger partial charge in [-0.15, -0.1) is 16.4 Å². The second kappa shape index (κ2) is 7.53. The molecule has 0 radical (unpaired) electrons. The molecule has 1 aliphatic rings. The second-order valence-corrected chi connectivity index (χ2v) is 7.18. The molecule has 1 fully saturated rings. The molecule has 1 atom stereocenters. The first-order valence-electron chi connectivity index (χ1n) is 8.58. The predicted octanol–water partition coefficient (Wildman–Crippen LogP) is 2.24. The molecular formula is C18H21N5O2S. The zero-order valence-electron chi connectivity index (χ0n) is 14.8. The number of nitrogens with zero attached hydrogens (tertiary/aromatic N) is 4. The van der Waals surface area contributed by atoms with Crippen LogP contribution < -0.4 is 10.1 Å². The Kier molecular flexibility index (Phi) is 4.96. The van der Waals surface area contributed by atoms with E-state index in [9.17, 15) is 0 Å². The van der Waals surface area contributed by atoms with Crippen LogP contribution in [0.1, 0.15) is 10.8 Å². The number of rotatable bonds is 5. The quantitative estimate of drug-likeness (QED) is 0.741. The molecule has 7 nitrogen and oxygen atoms in total. The van der Waals surface area contributed by atoms with Gasteiger partial charge < -0.3 is 14.8 Å². The Morgan fingerprint density at radius 2 is 2.15 bits per heavy atom. The van der Waals surface area contributed by atoms with Crippen molar-refractivity contribution in [1.29, 1.82) is 0 Å². The van der Waals surface area contributed by atoms with E-state index < -0.39 is 0 Å². The summed E-state index contributed by atoms with van der Waals surface area (Å²) in [4.78, 5) is 9.28. The highest BCUT2D eigenvalue weighted by Crippen LogP contribution is 2.22. The fourth-order valence-electron chi connectivity index (χ4n) is 2.94. The van der Waals surface area contributed by atoms with Crippen LogP contribution in [0.4, 0.5) is 0 Å². The second-order valence-electron chi connectivity index (χ2n) is 6.11. The molecule has 1 N–H and O–H groups in total. The standard InChI is InChI=1S/C18H21N5O2S/c1-12-20-16(11-26-12)18-21-17(9-15-10-19-7-8-25-15)23(22-18)13-3-5-14(24-2)6-4-13/h3-6,11,15,19H,7-10H2,1-2H3/t15-/m0/s1. The Labute approximate surface area is 156 Å². The van der Waals surface area contributed by atoms with Crippen LogP contribution in [-0.4, -0.2) is 52.7 Å². The first-order valence-corrected chi connectivity index (χ1v) is 9.46. The third-order valence-corrected chi connectivity index (χ3v) is 5.03. The number of morpholine rings is 1. The minimum atomic E-state index is 0.0926. The van der Waals surface area contributed by atoms with E-state index in [2.05, 4.69) is 10.3 Å². The Morgan fingerprint density at radius 3 is 2.81 bits per heavy atom. The molecule has 0 unspecified atom stereocenters. The average molecular weight is 371 g/mol. The van der Waals surface area contributed by atoms with Crippen LogP contribution in [0.5, 0.6) is 5.75 Å². The molecule has 0 bridgehead atoms. The van der Waals surface area contributed by atoms with Crippen molar-refractivity contribution >= 4 is 11.3 Å². The van der Waals surface area contributed by atoms with E-state index in [1.807, 2.05) is 41.3 Å². The van der Waals surface area contributed by atoms with Gasteiger partial charge in [0.05, 0.1) is 30.5 Å². The molecule has 0 aliphatic carbocycles. The minimum Gasteiger partial charge on any atom is -0.497 e. The van der Waals surface area contributed by atoms with Gasteiger partial charge in [-0.2, -0.15) is 0 Å². The number of nitrogens with one attached hydrogen (secondary N) is 1. The fourth-order valence-corrected chi connectivity index (χ4v) is 3.53. The molecule has 8 heteroatoms. The van der Waals surface area contributed by atoms with Crippen molar-refractivity contribution < 1.29 is 9.47 Å². The Morgan fingerprint density at radius 1 is 1.31 bits per heavy atom. The molecule has 0 saturated carbocycles. The summed E-state index contributed by atoms with van der Waals surface area (Å²) in [5, 5.41) is 11.1. The number of benzene rings is 1. The Balaban J connectivity index is 1.69. The predicted molar refractivity (Wildman–Crippen MR) is 100 cm³/mol. The van der Waals surface area contributed by atoms with Gasteiger partial charge in [0.15, 0.2) is 0 Å². The molecule has 4 rings (SSSR count). The van der Waals surface area contributed by atoms with Crippen molar-refractivity contribution in [1.82, 2.24) is 25.1 Å². The van der Waals surface area contributed by atoms with Crippen molar-refractivity contribution in [3.8, 4) is 23.0 Å². The summed E-state index contributed by atoms with van der Waals surface area (Å²) in [6, 6.07) is 7.80. The molecule has 136 valence electrons. The lowest BCUT2D eigenvalue weighted by Gasteiger charge is -2.23. The van der Waals surface area contributed by atoms with Crippen molar-refractivity contribution in [2.24, 2.45) is 0 Å². The molecule has 2 aromatic heterocycles. The van der Waals surface area contributed by atoms with E-state index in [4.69, 9.17) is 19.6 Å². The number of aromatic nitrogens is 4. The molecular weight excluding hydrogens is 350 g/mol.